The fourth-order valence-corrected chi connectivity index (χ4v) is 4.27. The van der Waals surface area contributed by atoms with Crippen LogP contribution in [0.5, 0.6) is 5.88 Å². The van der Waals surface area contributed by atoms with Gasteiger partial charge in [0.2, 0.25) is 11.6 Å². The van der Waals surface area contributed by atoms with E-state index in [9.17, 15) is 4.79 Å². The molecule has 0 unspecified atom stereocenters. The van der Waals surface area contributed by atoms with E-state index in [0.717, 1.165) is 35.0 Å². The van der Waals surface area contributed by atoms with Gasteiger partial charge in [0.15, 0.2) is 0 Å². The van der Waals surface area contributed by atoms with Crippen LogP contribution in [0.15, 0.2) is 53.6 Å². The number of nitrogens with one attached hydrogen (secondary N) is 1. The monoisotopic (exact) mass is 452 g/mol. The number of anilines is 1. The van der Waals surface area contributed by atoms with Crippen molar-refractivity contribution < 1.29 is 4.74 Å². The first kappa shape index (κ1) is 21.6. The maximum atomic E-state index is 13.9. The topological polar surface area (TPSA) is 86.3 Å². The Hall–Kier alpha value is -4.25. The van der Waals surface area contributed by atoms with Gasteiger partial charge in [-0.1, -0.05) is 18.2 Å². The van der Waals surface area contributed by atoms with Crippen LogP contribution in [-0.2, 0) is 0 Å². The lowest BCUT2D eigenvalue weighted by Crippen LogP contribution is -2.26. The number of aryl methyl sites for hydroxylation is 1. The zero-order valence-corrected chi connectivity index (χ0v) is 19.2. The Kier molecular flexibility index (Phi) is 5.46. The smallest absolute Gasteiger partial charge is 0.259 e. The fraction of sp³-hybridized carbons (Fsp3) is 0.269. The van der Waals surface area contributed by atoms with Crippen LogP contribution in [0, 0.1) is 13.5 Å². The lowest BCUT2D eigenvalue weighted by molar-refractivity contribution is 0.398. The second-order valence-electron chi connectivity index (χ2n) is 8.46. The molecule has 0 bridgehead atoms. The quantitative estimate of drug-likeness (QED) is 0.403. The molecule has 0 radical (unpaired) electrons. The van der Waals surface area contributed by atoms with Crippen LogP contribution in [0.4, 0.5) is 11.5 Å². The highest BCUT2D eigenvalue weighted by Crippen LogP contribution is 2.38. The molecule has 34 heavy (non-hydrogen) atoms. The maximum absolute atomic E-state index is 13.9. The molecule has 1 atom stereocenters. The SMILES string of the molecule is [C-]#[N+]c1cnc(C)nc1N[C@@H](C)c1cc2cccc(-c3ccc(OC)nc3)c2c(=O)n1C1CC1. The number of hydrogen-bond donors (Lipinski definition) is 1. The number of benzene rings is 1. The van der Waals surface area contributed by atoms with Crippen molar-refractivity contribution in [3.8, 4) is 17.0 Å². The lowest BCUT2D eigenvalue weighted by Gasteiger charge is -2.22. The summed E-state index contributed by atoms with van der Waals surface area (Å²) in [4.78, 5) is 30.3. The molecule has 8 nitrogen and oxygen atoms in total. The van der Waals surface area contributed by atoms with E-state index in [-0.39, 0.29) is 17.6 Å². The van der Waals surface area contributed by atoms with E-state index in [2.05, 4.69) is 31.2 Å². The van der Waals surface area contributed by atoms with Crippen molar-refractivity contribution in [2.75, 3.05) is 12.4 Å². The molecule has 3 heterocycles. The van der Waals surface area contributed by atoms with Crippen LogP contribution in [-0.4, -0.2) is 26.6 Å². The molecule has 1 fully saturated rings. The molecule has 1 aliphatic carbocycles. The molecular weight excluding hydrogens is 428 g/mol. The summed E-state index contributed by atoms with van der Waals surface area (Å²) in [5.41, 5.74) is 2.92. The van der Waals surface area contributed by atoms with Gasteiger partial charge < -0.3 is 14.6 Å². The summed E-state index contributed by atoms with van der Waals surface area (Å²) in [5, 5.41) is 4.89. The second kappa shape index (κ2) is 8.60. The predicted molar refractivity (Wildman–Crippen MR) is 131 cm³/mol. The van der Waals surface area contributed by atoms with Crippen molar-refractivity contribution in [1.82, 2.24) is 19.5 Å². The number of methoxy groups -OCH3 is 1. The standard InChI is InChI=1S/C26H24N6O2/c1-15(30-25-21(27-3)14-28-16(2)31-25)22-12-17-6-5-7-20(18-8-11-23(34-4)29-13-18)24(17)26(33)32(22)19-9-10-19/h5-8,11-15,19H,9-10H2,1-2,4H3,(H,28,30,31)/t15-/m0/s1. The van der Waals surface area contributed by atoms with E-state index in [0.29, 0.717) is 28.6 Å². The summed E-state index contributed by atoms with van der Waals surface area (Å²) >= 11 is 0. The number of nitrogens with zero attached hydrogens (tertiary/aromatic N) is 5. The van der Waals surface area contributed by atoms with Crippen molar-refractivity contribution in [3.05, 3.63) is 82.1 Å². The molecular formula is C26H24N6O2. The van der Waals surface area contributed by atoms with Crippen LogP contribution < -0.4 is 15.6 Å². The van der Waals surface area contributed by atoms with Crippen LogP contribution in [0.2, 0.25) is 0 Å². The number of rotatable bonds is 6. The Labute approximate surface area is 197 Å². The molecule has 0 amide bonds. The van der Waals surface area contributed by atoms with E-state index < -0.39 is 0 Å². The minimum absolute atomic E-state index is 0.0145. The first-order valence-electron chi connectivity index (χ1n) is 11.2. The van der Waals surface area contributed by atoms with Crippen molar-refractivity contribution in [3.63, 3.8) is 0 Å². The number of hydrogen-bond acceptors (Lipinski definition) is 6. The van der Waals surface area contributed by atoms with E-state index in [1.807, 2.05) is 35.8 Å². The average Bonchev–Trinajstić information content (AvgIpc) is 3.69. The molecule has 0 spiro atoms. The number of aromatic nitrogens is 4. The van der Waals surface area contributed by atoms with Gasteiger partial charge in [-0.3, -0.25) is 9.78 Å². The Morgan fingerprint density at radius 3 is 2.71 bits per heavy atom. The maximum Gasteiger partial charge on any atom is 0.259 e. The van der Waals surface area contributed by atoms with Gasteiger partial charge in [-0.05, 0) is 49.8 Å². The largest absolute Gasteiger partial charge is 0.481 e. The normalized spacial score (nSPS) is 13.9. The van der Waals surface area contributed by atoms with Gasteiger partial charge in [-0.2, -0.15) is 0 Å². The van der Waals surface area contributed by atoms with Gasteiger partial charge in [0.1, 0.15) is 11.6 Å². The second-order valence-corrected chi connectivity index (χ2v) is 8.46. The number of fused-ring (bicyclic) bond motifs is 1. The third-order valence-electron chi connectivity index (χ3n) is 6.09. The Morgan fingerprint density at radius 1 is 1.21 bits per heavy atom. The molecule has 0 saturated heterocycles. The first-order chi connectivity index (χ1) is 16.5. The zero-order valence-electron chi connectivity index (χ0n) is 19.2. The lowest BCUT2D eigenvalue weighted by atomic mass is 9.99. The molecule has 0 aliphatic heterocycles. The van der Waals surface area contributed by atoms with Gasteiger partial charge in [0.05, 0.1) is 25.1 Å². The van der Waals surface area contributed by atoms with Gasteiger partial charge in [0.25, 0.3) is 5.56 Å². The van der Waals surface area contributed by atoms with E-state index in [1.54, 1.807) is 26.3 Å². The van der Waals surface area contributed by atoms with Crippen molar-refractivity contribution in [1.29, 1.82) is 0 Å². The summed E-state index contributed by atoms with van der Waals surface area (Å²) in [6.07, 6.45) is 5.19. The molecule has 1 aliphatic rings. The number of ether oxygens (including phenoxy) is 1. The molecule has 5 rings (SSSR count). The van der Waals surface area contributed by atoms with Crippen LogP contribution >= 0.6 is 0 Å². The minimum Gasteiger partial charge on any atom is -0.481 e. The minimum atomic E-state index is -0.237. The van der Waals surface area contributed by atoms with Gasteiger partial charge in [-0.15, -0.1) is 0 Å². The molecule has 170 valence electrons. The Morgan fingerprint density at radius 2 is 2.03 bits per heavy atom. The highest BCUT2D eigenvalue weighted by molar-refractivity contribution is 5.96. The molecule has 1 aromatic carbocycles. The van der Waals surface area contributed by atoms with E-state index >= 15 is 0 Å². The fourth-order valence-electron chi connectivity index (χ4n) is 4.27. The summed E-state index contributed by atoms with van der Waals surface area (Å²) < 4.78 is 7.09. The summed E-state index contributed by atoms with van der Waals surface area (Å²) in [5.74, 6) is 1.58. The molecule has 3 aromatic heterocycles. The molecule has 8 heteroatoms. The highest BCUT2D eigenvalue weighted by Gasteiger charge is 2.30. The third-order valence-corrected chi connectivity index (χ3v) is 6.09. The van der Waals surface area contributed by atoms with E-state index in [4.69, 9.17) is 11.3 Å². The molecule has 1 N–H and O–H groups in total. The van der Waals surface area contributed by atoms with E-state index in [1.165, 1.54) is 6.20 Å². The van der Waals surface area contributed by atoms with Gasteiger partial charge in [0, 0.05) is 35.8 Å². The third kappa shape index (κ3) is 3.86. The van der Waals surface area contributed by atoms with Crippen LogP contribution in [0.1, 0.15) is 43.4 Å². The van der Waals surface area contributed by atoms with Gasteiger partial charge in [-0.25, -0.2) is 14.8 Å². The van der Waals surface area contributed by atoms with Crippen molar-refractivity contribution in [2.24, 2.45) is 0 Å². The average molecular weight is 453 g/mol. The van der Waals surface area contributed by atoms with Gasteiger partial charge >= 0.3 is 0 Å². The predicted octanol–water partition coefficient (Wildman–Crippen LogP) is 5.23. The summed E-state index contributed by atoms with van der Waals surface area (Å²) in [7, 11) is 1.58. The Bertz CT molecular complexity index is 1480. The summed E-state index contributed by atoms with van der Waals surface area (Å²) in [6.45, 7) is 11.2. The molecule has 1 saturated carbocycles. The highest BCUT2D eigenvalue weighted by atomic mass is 16.5. The first-order valence-corrected chi connectivity index (χ1v) is 11.2. The van der Waals surface area contributed by atoms with Crippen LogP contribution in [0.3, 0.4) is 0 Å². The zero-order chi connectivity index (χ0) is 23.8. The Balaban J connectivity index is 1.64. The van der Waals surface area contributed by atoms with Crippen LogP contribution in [0.25, 0.3) is 26.7 Å². The molecule has 4 aromatic rings. The van der Waals surface area contributed by atoms with Crippen molar-refractivity contribution in [2.45, 2.75) is 38.8 Å². The van der Waals surface area contributed by atoms with Crippen molar-refractivity contribution >= 4 is 22.3 Å². The summed E-state index contributed by atoms with van der Waals surface area (Å²) in [6, 6.07) is 11.6. The number of pyridine rings is 2.